The zero-order valence-corrected chi connectivity index (χ0v) is 14.5. The van der Waals surface area contributed by atoms with Crippen LogP contribution in [0.1, 0.15) is 50.7 Å². The van der Waals surface area contributed by atoms with E-state index in [0.29, 0.717) is 11.0 Å². The van der Waals surface area contributed by atoms with E-state index in [2.05, 4.69) is 64.2 Å². The van der Waals surface area contributed by atoms with Crippen molar-refractivity contribution in [3.8, 4) is 0 Å². The standard InChI is InChI=1S/C19H27Si/c1-13-12-16-8-6-7-9-17(16)18(13)19(20(4)5)14(2)10-11-15(19)3/h6-9,12,14-15,18H,10-11H2,1-5H3. The van der Waals surface area contributed by atoms with E-state index in [1.807, 2.05) is 0 Å². The molecule has 1 saturated carbocycles. The lowest BCUT2D eigenvalue weighted by Gasteiger charge is -2.47. The van der Waals surface area contributed by atoms with Crippen LogP contribution >= 0.6 is 0 Å². The summed E-state index contributed by atoms with van der Waals surface area (Å²) in [5.74, 6) is 2.40. The maximum Gasteiger partial charge on any atom is 0.0499 e. The Morgan fingerprint density at radius 3 is 2.25 bits per heavy atom. The Kier molecular flexibility index (Phi) is 3.44. The van der Waals surface area contributed by atoms with Crippen LogP contribution in [-0.2, 0) is 0 Å². The third-order valence-electron chi connectivity index (χ3n) is 6.15. The second-order valence-corrected chi connectivity index (χ2v) is 10.1. The van der Waals surface area contributed by atoms with Gasteiger partial charge in [-0.1, -0.05) is 75.7 Å². The SMILES string of the molecule is CC1=Cc2ccccc2C1C1([Si](C)C)C(C)CCC1C. The van der Waals surface area contributed by atoms with Crippen molar-refractivity contribution in [1.82, 2.24) is 0 Å². The summed E-state index contributed by atoms with van der Waals surface area (Å²) in [7, 11) is -0.367. The number of hydrogen-bond donors (Lipinski definition) is 0. The molecule has 3 atom stereocenters. The highest BCUT2D eigenvalue weighted by molar-refractivity contribution is 6.60. The summed E-state index contributed by atoms with van der Waals surface area (Å²) in [6.07, 6.45) is 5.29. The van der Waals surface area contributed by atoms with Gasteiger partial charge < -0.3 is 0 Å². The predicted molar refractivity (Wildman–Crippen MR) is 90.6 cm³/mol. The minimum absolute atomic E-state index is 0.367. The van der Waals surface area contributed by atoms with Gasteiger partial charge in [0.15, 0.2) is 0 Å². The molecule has 0 bridgehead atoms. The van der Waals surface area contributed by atoms with Gasteiger partial charge in [0.1, 0.15) is 0 Å². The van der Waals surface area contributed by atoms with E-state index in [9.17, 15) is 0 Å². The largest absolute Gasteiger partial charge is 0.0708 e. The molecule has 0 aliphatic heterocycles. The molecule has 3 rings (SSSR count). The molecule has 1 aromatic rings. The van der Waals surface area contributed by atoms with Crippen LogP contribution in [0.4, 0.5) is 0 Å². The molecule has 0 spiro atoms. The van der Waals surface area contributed by atoms with Gasteiger partial charge in [0.2, 0.25) is 0 Å². The Morgan fingerprint density at radius 1 is 1.05 bits per heavy atom. The van der Waals surface area contributed by atoms with E-state index in [4.69, 9.17) is 0 Å². The zero-order chi connectivity index (χ0) is 14.5. The van der Waals surface area contributed by atoms with Crippen molar-refractivity contribution in [2.45, 2.75) is 57.7 Å². The average molecular weight is 284 g/mol. The number of allylic oxidation sites excluding steroid dienone is 1. The summed E-state index contributed by atoms with van der Waals surface area (Å²) in [6.45, 7) is 12.5. The first kappa shape index (κ1) is 14.1. The normalized spacial score (nSPS) is 36.3. The molecular formula is C19H27Si. The van der Waals surface area contributed by atoms with Crippen LogP contribution in [0.5, 0.6) is 0 Å². The van der Waals surface area contributed by atoms with E-state index in [1.165, 1.54) is 18.4 Å². The van der Waals surface area contributed by atoms with Gasteiger partial charge in [0, 0.05) is 14.7 Å². The van der Waals surface area contributed by atoms with Gasteiger partial charge in [-0.15, -0.1) is 0 Å². The smallest absolute Gasteiger partial charge is 0.0499 e. The highest BCUT2D eigenvalue weighted by Crippen LogP contribution is 2.67. The van der Waals surface area contributed by atoms with Gasteiger partial charge in [0.25, 0.3) is 0 Å². The Bertz CT molecular complexity index is 530. The predicted octanol–water partition coefficient (Wildman–Crippen LogP) is 5.75. The molecule has 107 valence electrons. The molecule has 3 unspecified atom stereocenters. The summed E-state index contributed by atoms with van der Waals surface area (Å²) in [6, 6.07) is 9.10. The quantitative estimate of drug-likeness (QED) is 0.606. The summed E-state index contributed by atoms with van der Waals surface area (Å²) in [4.78, 5) is 0. The van der Waals surface area contributed by atoms with Crippen molar-refractivity contribution in [1.29, 1.82) is 0 Å². The van der Waals surface area contributed by atoms with Crippen LogP contribution in [0.25, 0.3) is 6.08 Å². The lowest BCUT2D eigenvalue weighted by Crippen LogP contribution is -2.40. The average Bonchev–Trinajstić information content (AvgIpc) is 2.88. The first-order valence-electron chi connectivity index (χ1n) is 8.07. The topological polar surface area (TPSA) is 0 Å². The first-order valence-corrected chi connectivity index (χ1v) is 10.6. The molecule has 20 heavy (non-hydrogen) atoms. The third kappa shape index (κ3) is 1.72. The molecule has 2 aliphatic rings. The molecule has 1 fully saturated rings. The van der Waals surface area contributed by atoms with Crippen molar-refractivity contribution >= 4 is 14.9 Å². The van der Waals surface area contributed by atoms with Gasteiger partial charge in [-0.3, -0.25) is 0 Å². The number of rotatable bonds is 2. The molecular weight excluding hydrogens is 256 g/mol. The molecule has 1 aromatic carbocycles. The Hall–Kier alpha value is -0.823. The summed E-state index contributed by atoms with van der Waals surface area (Å²) >= 11 is 0. The number of hydrogen-bond acceptors (Lipinski definition) is 0. The fraction of sp³-hybridized carbons (Fsp3) is 0.579. The van der Waals surface area contributed by atoms with Gasteiger partial charge >= 0.3 is 0 Å². The van der Waals surface area contributed by atoms with Crippen LogP contribution in [0, 0.1) is 11.8 Å². The molecule has 0 N–H and O–H groups in total. The van der Waals surface area contributed by atoms with Gasteiger partial charge in [0.05, 0.1) is 0 Å². The van der Waals surface area contributed by atoms with Crippen LogP contribution in [-0.4, -0.2) is 8.80 Å². The van der Waals surface area contributed by atoms with Gasteiger partial charge in [-0.25, -0.2) is 0 Å². The van der Waals surface area contributed by atoms with Crippen LogP contribution in [0.2, 0.25) is 18.1 Å². The second-order valence-electron chi connectivity index (χ2n) is 7.26. The first-order chi connectivity index (χ1) is 9.49. The molecule has 0 nitrogen and oxygen atoms in total. The van der Waals surface area contributed by atoms with Crippen LogP contribution in [0.3, 0.4) is 0 Å². The van der Waals surface area contributed by atoms with Crippen LogP contribution in [0.15, 0.2) is 29.8 Å². The maximum absolute atomic E-state index is 2.55. The second kappa shape index (κ2) is 4.87. The lowest BCUT2D eigenvalue weighted by molar-refractivity contribution is 0.323. The fourth-order valence-corrected chi connectivity index (χ4v) is 8.64. The van der Waals surface area contributed by atoms with Gasteiger partial charge in [-0.2, -0.15) is 0 Å². The summed E-state index contributed by atoms with van der Waals surface area (Å²) < 4.78 is 0. The lowest BCUT2D eigenvalue weighted by atomic mass is 9.73. The summed E-state index contributed by atoms with van der Waals surface area (Å²) in [5.41, 5.74) is 4.69. The highest BCUT2D eigenvalue weighted by Gasteiger charge is 2.55. The maximum atomic E-state index is 2.55. The minimum atomic E-state index is -0.367. The fourth-order valence-electron chi connectivity index (χ4n) is 5.42. The van der Waals surface area contributed by atoms with Crippen molar-refractivity contribution in [3.05, 3.63) is 41.0 Å². The molecule has 0 aromatic heterocycles. The van der Waals surface area contributed by atoms with E-state index >= 15 is 0 Å². The molecule has 0 saturated heterocycles. The Morgan fingerprint density at radius 2 is 1.65 bits per heavy atom. The third-order valence-corrected chi connectivity index (χ3v) is 9.16. The molecule has 0 heterocycles. The van der Waals surface area contributed by atoms with E-state index in [-0.39, 0.29) is 8.80 Å². The van der Waals surface area contributed by atoms with Crippen LogP contribution < -0.4 is 0 Å². The summed E-state index contributed by atoms with van der Waals surface area (Å²) in [5, 5.41) is 0.540. The van der Waals surface area contributed by atoms with Crippen molar-refractivity contribution in [2.75, 3.05) is 0 Å². The van der Waals surface area contributed by atoms with Gasteiger partial charge in [-0.05, 0) is 34.9 Å². The van der Waals surface area contributed by atoms with Crippen molar-refractivity contribution < 1.29 is 0 Å². The Labute approximate surface area is 125 Å². The molecule has 2 aliphatic carbocycles. The zero-order valence-electron chi connectivity index (χ0n) is 13.5. The van der Waals surface area contributed by atoms with Crippen molar-refractivity contribution in [2.24, 2.45) is 11.8 Å². The highest BCUT2D eigenvalue weighted by atomic mass is 28.3. The molecule has 1 heteroatoms. The van der Waals surface area contributed by atoms with E-state index < -0.39 is 0 Å². The molecule has 0 amide bonds. The monoisotopic (exact) mass is 283 g/mol. The van der Waals surface area contributed by atoms with E-state index in [0.717, 1.165) is 11.8 Å². The van der Waals surface area contributed by atoms with E-state index in [1.54, 1.807) is 11.1 Å². The minimum Gasteiger partial charge on any atom is -0.0708 e. The van der Waals surface area contributed by atoms with Crippen molar-refractivity contribution in [3.63, 3.8) is 0 Å². The number of fused-ring (bicyclic) bond motifs is 1. The number of benzene rings is 1. The molecule has 1 radical (unpaired) electrons. The Balaban J connectivity index is 2.17.